The van der Waals surface area contributed by atoms with Crippen molar-refractivity contribution in [3.63, 3.8) is 0 Å². The number of nitrogens with two attached hydrogens (primary N) is 1. The molecule has 6 nitrogen and oxygen atoms in total. The van der Waals surface area contributed by atoms with Gasteiger partial charge >= 0.3 is 0 Å². The molecule has 0 bridgehead atoms. The summed E-state index contributed by atoms with van der Waals surface area (Å²) in [6.45, 7) is 2.10. The molecule has 1 amide bonds. The molecule has 0 saturated heterocycles. The van der Waals surface area contributed by atoms with E-state index >= 15 is 0 Å². The van der Waals surface area contributed by atoms with E-state index in [0.29, 0.717) is 0 Å². The maximum Gasteiger partial charge on any atom is 0.252 e. The highest BCUT2D eigenvalue weighted by atomic mass is 32.1. The number of rotatable bonds is 5. The zero-order valence-electron chi connectivity index (χ0n) is 11.8. The van der Waals surface area contributed by atoms with E-state index in [0.717, 1.165) is 24.1 Å². The van der Waals surface area contributed by atoms with Crippen molar-refractivity contribution in [2.45, 2.75) is 32.2 Å². The molecular weight excluding hydrogens is 286 g/mol. The Kier molecular flexibility index (Phi) is 7.15. The van der Waals surface area contributed by atoms with E-state index in [1.165, 1.54) is 0 Å². The van der Waals surface area contributed by atoms with Crippen molar-refractivity contribution in [1.82, 2.24) is 10.9 Å². The SMILES string of the molecule is CCCC(N)c1ccc(NC(=S)NNC(=O)CC#N)cc1. The van der Waals surface area contributed by atoms with Crippen molar-refractivity contribution in [3.8, 4) is 6.07 Å². The lowest BCUT2D eigenvalue weighted by Gasteiger charge is -2.13. The van der Waals surface area contributed by atoms with Gasteiger partial charge in [0.2, 0.25) is 0 Å². The molecule has 1 aromatic carbocycles. The highest BCUT2D eigenvalue weighted by Crippen LogP contribution is 2.18. The number of anilines is 1. The molecule has 0 spiro atoms. The van der Waals surface area contributed by atoms with Crippen molar-refractivity contribution in [2.24, 2.45) is 5.73 Å². The van der Waals surface area contributed by atoms with Crippen LogP contribution in [0.15, 0.2) is 24.3 Å². The van der Waals surface area contributed by atoms with E-state index in [-0.39, 0.29) is 17.6 Å². The molecule has 0 aliphatic carbocycles. The van der Waals surface area contributed by atoms with Crippen LogP contribution in [0.2, 0.25) is 0 Å². The molecule has 0 fully saturated rings. The number of benzene rings is 1. The molecule has 0 radical (unpaired) electrons. The van der Waals surface area contributed by atoms with Gasteiger partial charge in [0.05, 0.1) is 6.07 Å². The van der Waals surface area contributed by atoms with Gasteiger partial charge < -0.3 is 11.1 Å². The van der Waals surface area contributed by atoms with Crippen molar-refractivity contribution >= 4 is 28.9 Å². The number of carbonyl (C=O) groups excluding carboxylic acids is 1. The fourth-order valence-electron chi connectivity index (χ4n) is 1.70. The fourth-order valence-corrected chi connectivity index (χ4v) is 1.87. The van der Waals surface area contributed by atoms with Crippen LogP contribution in [0.25, 0.3) is 0 Å². The number of nitrogens with one attached hydrogen (secondary N) is 3. The molecule has 0 aromatic heterocycles. The minimum atomic E-state index is -0.442. The van der Waals surface area contributed by atoms with Gasteiger partial charge in [-0.2, -0.15) is 5.26 Å². The van der Waals surface area contributed by atoms with Gasteiger partial charge in [0.1, 0.15) is 6.42 Å². The lowest BCUT2D eigenvalue weighted by Crippen LogP contribution is -2.43. The molecule has 1 atom stereocenters. The highest BCUT2D eigenvalue weighted by Gasteiger charge is 2.05. The molecule has 1 aromatic rings. The number of nitrogens with zero attached hydrogens (tertiary/aromatic N) is 1. The van der Waals surface area contributed by atoms with Gasteiger partial charge in [-0.1, -0.05) is 25.5 Å². The van der Waals surface area contributed by atoms with Crippen molar-refractivity contribution in [3.05, 3.63) is 29.8 Å². The maximum atomic E-state index is 11.1. The molecule has 0 aliphatic rings. The first-order valence-electron chi connectivity index (χ1n) is 6.65. The number of amides is 1. The van der Waals surface area contributed by atoms with E-state index in [1.807, 2.05) is 24.3 Å². The molecule has 1 unspecified atom stereocenters. The van der Waals surface area contributed by atoms with Crippen LogP contribution in [0, 0.1) is 11.3 Å². The molecule has 5 N–H and O–H groups in total. The average molecular weight is 305 g/mol. The number of hydrogen-bond donors (Lipinski definition) is 4. The van der Waals surface area contributed by atoms with Crippen LogP contribution < -0.4 is 21.9 Å². The molecule has 1 rings (SSSR count). The summed E-state index contributed by atoms with van der Waals surface area (Å²) in [5, 5.41) is 11.5. The normalized spacial score (nSPS) is 11.1. The Morgan fingerprint density at radius 3 is 2.62 bits per heavy atom. The number of thiocarbonyl (C=S) groups is 1. The largest absolute Gasteiger partial charge is 0.331 e. The van der Waals surface area contributed by atoms with Gasteiger partial charge in [-0.25, -0.2) is 0 Å². The molecule has 0 saturated carbocycles. The summed E-state index contributed by atoms with van der Waals surface area (Å²) in [5.74, 6) is -0.442. The van der Waals surface area contributed by atoms with Gasteiger partial charge in [0.25, 0.3) is 5.91 Å². The Morgan fingerprint density at radius 2 is 2.05 bits per heavy atom. The third kappa shape index (κ3) is 6.21. The topological polar surface area (TPSA) is 103 Å². The predicted molar refractivity (Wildman–Crippen MR) is 86.0 cm³/mol. The van der Waals surface area contributed by atoms with Crippen LogP contribution in [-0.2, 0) is 4.79 Å². The van der Waals surface area contributed by atoms with Gasteiger partial charge in [-0.3, -0.25) is 15.6 Å². The van der Waals surface area contributed by atoms with E-state index in [9.17, 15) is 4.79 Å². The minimum Gasteiger partial charge on any atom is -0.331 e. The first-order valence-corrected chi connectivity index (χ1v) is 7.06. The molecule has 0 aliphatic heterocycles. The summed E-state index contributed by atoms with van der Waals surface area (Å²) in [7, 11) is 0. The zero-order valence-corrected chi connectivity index (χ0v) is 12.7. The first-order chi connectivity index (χ1) is 10.1. The second kappa shape index (κ2) is 8.89. The van der Waals surface area contributed by atoms with Crippen molar-refractivity contribution in [1.29, 1.82) is 5.26 Å². The molecular formula is C14H19N5OS. The van der Waals surface area contributed by atoms with Gasteiger partial charge in [0, 0.05) is 11.7 Å². The molecule has 112 valence electrons. The summed E-state index contributed by atoms with van der Waals surface area (Å²) in [6.07, 6.45) is 1.76. The van der Waals surface area contributed by atoms with E-state index in [1.54, 1.807) is 6.07 Å². The Bertz CT molecular complexity index is 523. The summed E-state index contributed by atoms with van der Waals surface area (Å²) >= 11 is 5.02. The lowest BCUT2D eigenvalue weighted by molar-refractivity contribution is -0.120. The average Bonchev–Trinajstić information content (AvgIpc) is 2.46. The quantitative estimate of drug-likeness (QED) is 0.488. The highest BCUT2D eigenvalue weighted by molar-refractivity contribution is 7.80. The first kappa shape index (κ1) is 16.9. The van der Waals surface area contributed by atoms with Crippen LogP contribution >= 0.6 is 12.2 Å². The van der Waals surface area contributed by atoms with Crippen LogP contribution in [0.3, 0.4) is 0 Å². The summed E-state index contributed by atoms with van der Waals surface area (Å²) < 4.78 is 0. The van der Waals surface area contributed by atoms with E-state index < -0.39 is 5.91 Å². The summed E-state index contributed by atoms with van der Waals surface area (Å²) in [5.41, 5.74) is 12.7. The lowest BCUT2D eigenvalue weighted by atomic mass is 10.0. The Labute approximate surface area is 129 Å². The number of nitriles is 1. The molecule has 21 heavy (non-hydrogen) atoms. The van der Waals surface area contributed by atoms with E-state index in [4.69, 9.17) is 23.2 Å². The Balaban J connectivity index is 2.46. The molecule has 0 heterocycles. The third-order valence-corrected chi connectivity index (χ3v) is 2.96. The number of carbonyl (C=O) groups is 1. The van der Waals surface area contributed by atoms with Gasteiger partial charge in [-0.15, -0.1) is 0 Å². The maximum absolute atomic E-state index is 11.1. The summed E-state index contributed by atoms with van der Waals surface area (Å²) in [4.78, 5) is 11.1. The van der Waals surface area contributed by atoms with Crippen LogP contribution in [0.1, 0.15) is 37.8 Å². The third-order valence-electron chi connectivity index (χ3n) is 2.75. The Hall–Kier alpha value is -2.17. The zero-order chi connectivity index (χ0) is 15.7. The fraction of sp³-hybridized carbons (Fsp3) is 0.357. The van der Waals surface area contributed by atoms with Gasteiger partial charge in [0.15, 0.2) is 5.11 Å². The number of hydrogen-bond acceptors (Lipinski definition) is 4. The smallest absolute Gasteiger partial charge is 0.252 e. The minimum absolute atomic E-state index is 0.0411. The predicted octanol–water partition coefficient (Wildman–Crippen LogP) is 1.72. The van der Waals surface area contributed by atoms with Crippen LogP contribution in [0.5, 0.6) is 0 Å². The Morgan fingerprint density at radius 1 is 1.38 bits per heavy atom. The van der Waals surface area contributed by atoms with Crippen LogP contribution in [0.4, 0.5) is 5.69 Å². The second-order valence-corrected chi connectivity index (χ2v) is 4.89. The standard InChI is InChI=1S/C14H19N5OS/c1-2-3-12(16)10-4-6-11(7-5-10)17-14(21)19-18-13(20)8-9-15/h4-7,12H,2-3,8,16H2,1H3,(H,18,20)(H2,17,19,21). The van der Waals surface area contributed by atoms with Crippen molar-refractivity contribution in [2.75, 3.05) is 5.32 Å². The van der Waals surface area contributed by atoms with Crippen molar-refractivity contribution < 1.29 is 4.79 Å². The second-order valence-electron chi connectivity index (χ2n) is 4.48. The van der Waals surface area contributed by atoms with Crippen LogP contribution in [-0.4, -0.2) is 11.0 Å². The van der Waals surface area contributed by atoms with E-state index in [2.05, 4.69) is 23.1 Å². The number of hydrazine groups is 1. The molecule has 7 heteroatoms. The monoisotopic (exact) mass is 305 g/mol. The summed E-state index contributed by atoms with van der Waals surface area (Å²) in [6, 6.07) is 9.41. The van der Waals surface area contributed by atoms with Gasteiger partial charge in [-0.05, 0) is 36.3 Å².